The summed E-state index contributed by atoms with van der Waals surface area (Å²) in [5.41, 5.74) is 7.66. The second kappa shape index (κ2) is 8.67. The van der Waals surface area contributed by atoms with Crippen LogP contribution in [0, 0.1) is 0 Å². The molecule has 0 saturated heterocycles. The van der Waals surface area contributed by atoms with E-state index in [4.69, 9.17) is 26.8 Å². The predicted octanol–water partition coefficient (Wildman–Crippen LogP) is 3.78. The van der Waals surface area contributed by atoms with Crippen LogP contribution in [-0.4, -0.2) is 13.2 Å². The molecule has 0 aliphatic rings. The van der Waals surface area contributed by atoms with Crippen molar-refractivity contribution in [2.45, 2.75) is 19.6 Å². The molecule has 112 valence electrons. The Labute approximate surface area is 130 Å². The molecule has 0 aliphatic carbocycles. The van der Waals surface area contributed by atoms with Gasteiger partial charge in [-0.15, -0.1) is 0 Å². The normalized spacial score (nSPS) is 10.6. The molecule has 0 fully saturated rings. The highest BCUT2D eigenvalue weighted by Crippen LogP contribution is 2.16. The summed E-state index contributed by atoms with van der Waals surface area (Å²) >= 11 is 6.06. The number of benzene rings is 2. The maximum absolute atomic E-state index is 6.06. The third-order valence-electron chi connectivity index (χ3n) is 3.08. The van der Waals surface area contributed by atoms with Crippen molar-refractivity contribution in [2.24, 2.45) is 5.73 Å². The Morgan fingerprint density at radius 1 is 0.952 bits per heavy atom. The quantitative estimate of drug-likeness (QED) is 0.755. The third-order valence-corrected chi connectivity index (χ3v) is 3.44. The molecular weight excluding hydrogens is 286 g/mol. The van der Waals surface area contributed by atoms with Crippen LogP contribution >= 0.6 is 11.6 Å². The van der Waals surface area contributed by atoms with Gasteiger partial charge in [0, 0.05) is 18.0 Å². The van der Waals surface area contributed by atoms with Crippen LogP contribution < -0.4 is 10.5 Å². The number of nitrogens with two attached hydrogens (primary N) is 1. The van der Waals surface area contributed by atoms with E-state index in [-0.39, 0.29) is 0 Å². The highest BCUT2D eigenvalue weighted by Gasteiger charge is 1.99. The molecule has 0 unspecified atom stereocenters. The van der Waals surface area contributed by atoms with Gasteiger partial charge < -0.3 is 15.2 Å². The first kappa shape index (κ1) is 15.8. The van der Waals surface area contributed by atoms with Crippen LogP contribution in [0.3, 0.4) is 0 Å². The number of rotatable bonds is 8. The van der Waals surface area contributed by atoms with E-state index in [9.17, 15) is 0 Å². The molecule has 2 aromatic rings. The molecule has 0 spiro atoms. The Morgan fingerprint density at radius 3 is 2.43 bits per heavy atom. The van der Waals surface area contributed by atoms with Gasteiger partial charge in [0.15, 0.2) is 0 Å². The Hall–Kier alpha value is -1.55. The highest BCUT2D eigenvalue weighted by molar-refractivity contribution is 6.31. The first-order valence-electron chi connectivity index (χ1n) is 7.02. The maximum atomic E-state index is 6.06. The van der Waals surface area contributed by atoms with Gasteiger partial charge in [-0.1, -0.05) is 41.9 Å². The molecule has 0 bridgehead atoms. The zero-order valence-electron chi connectivity index (χ0n) is 11.9. The summed E-state index contributed by atoms with van der Waals surface area (Å²) in [5.74, 6) is 0.860. The lowest BCUT2D eigenvalue weighted by molar-refractivity contribution is 0.107. The lowest BCUT2D eigenvalue weighted by Crippen LogP contribution is -2.03. The lowest BCUT2D eigenvalue weighted by Gasteiger charge is -2.08. The van der Waals surface area contributed by atoms with Crippen molar-refractivity contribution in [3.8, 4) is 5.75 Å². The number of halogens is 1. The van der Waals surface area contributed by atoms with Crippen LogP contribution in [0.4, 0.5) is 0 Å². The molecule has 0 atom stereocenters. The summed E-state index contributed by atoms with van der Waals surface area (Å²) in [6.07, 6.45) is 0.836. The monoisotopic (exact) mass is 305 g/mol. The number of hydrogen-bond donors (Lipinski definition) is 1. The summed E-state index contributed by atoms with van der Waals surface area (Å²) in [7, 11) is 0. The molecule has 21 heavy (non-hydrogen) atoms. The first-order chi connectivity index (χ1) is 10.3. The van der Waals surface area contributed by atoms with Gasteiger partial charge in [0.05, 0.1) is 19.8 Å². The second-order valence-electron chi connectivity index (χ2n) is 4.69. The summed E-state index contributed by atoms with van der Waals surface area (Å²) in [5, 5.41) is 0.744. The van der Waals surface area contributed by atoms with Gasteiger partial charge >= 0.3 is 0 Å². The standard InChI is InChI=1S/C17H20ClNO2/c18-17-5-2-1-4-15(17)13-20-10-3-11-21-16-8-6-14(12-19)7-9-16/h1-2,4-9H,3,10-13,19H2. The average Bonchev–Trinajstić information content (AvgIpc) is 2.53. The minimum absolute atomic E-state index is 0.533. The van der Waals surface area contributed by atoms with E-state index in [1.807, 2.05) is 48.5 Å². The van der Waals surface area contributed by atoms with Gasteiger partial charge in [-0.05, 0) is 29.3 Å². The van der Waals surface area contributed by atoms with Crippen LogP contribution in [0.2, 0.25) is 5.02 Å². The van der Waals surface area contributed by atoms with Gasteiger partial charge in [0.25, 0.3) is 0 Å². The fourth-order valence-electron chi connectivity index (χ4n) is 1.87. The van der Waals surface area contributed by atoms with Crippen LogP contribution in [0.1, 0.15) is 17.5 Å². The van der Waals surface area contributed by atoms with Crippen LogP contribution in [0.5, 0.6) is 5.75 Å². The van der Waals surface area contributed by atoms with E-state index in [1.165, 1.54) is 0 Å². The molecule has 2 N–H and O–H groups in total. The van der Waals surface area contributed by atoms with E-state index in [1.54, 1.807) is 0 Å². The van der Waals surface area contributed by atoms with E-state index in [0.717, 1.165) is 28.3 Å². The topological polar surface area (TPSA) is 44.5 Å². The summed E-state index contributed by atoms with van der Waals surface area (Å²) < 4.78 is 11.2. The predicted molar refractivity (Wildman–Crippen MR) is 85.6 cm³/mol. The molecule has 0 amide bonds. The van der Waals surface area contributed by atoms with Gasteiger partial charge in [0.1, 0.15) is 5.75 Å². The fraction of sp³-hybridized carbons (Fsp3) is 0.294. The average molecular weight is 306 g/mol. The van der Waals surface area contributed by atoms with Crippen LogP contribution in [-0.2, 0) is 17.9 Å². The van der Waals surface area contributed by atoms with E-state index < -0.39 is 0 Å². The van der Waals surface area contributed by atoms with Crippen LogP contribution in [0.15, 0.2) is 48.5 Å². The molecule has 0 heterocycles. The maximum Gasteiger partial charge on any atom is 0.119 e. The smallest absolute Gasteiger partial charge is 0.119 e. The van der Waals surface area contributed by atoms with Gasteiger partial charge in [-0.2, -0.15) is 0 Å². The van der Waals surface area contributed by atoms with Gasteiger partial charge in [-0.3, -0.25) is 0 Å². The molecule has 0 saturated carbocycles. The van der Waals surface area contributed by atoms with E-state index >= 15 is 0 Å². The highest BCUT2D eigenvalue weighted by atomic mass is 35.5. The van der Waals surface area contributed by atoms with Crippen molar-refractivity contribution >= 4 is 11.6 Å². The SMILES string of the molecule is NCc1ccc(OCCCOCc2ccccc2Cl)cc1. The molecule has 0 aliphatic heterocycles. The minimum Gasteiger partial charge on any atom is -0.494 e. The first-order valence-corrected chi connectivity index (χ1v) is 7.40. The fourth-order valence-corrected chi connectivity index (χ4v) is 2.06. The summed E-state index contributed by atoms with van der Waals surface area (Å²) in [4.78, 5) is 0. The van der Waals surface area contributed by atoms with Crippen molar-refractivity contribution in [2.75, 3.05) is 13.2 Å². The Bertz CT molecular complexity index is 543. The Morgan fingerprint density at radius 2 is 1.71 bits per heavy atom. The molecule has 4 heteroatoms. The van der Waals surface area contributed by atoms with E-state index in [2.05, 4.69) is 0 Å². The van der Waals surface area contributed by atoms with Crippen molar-refractivity contribution in [3.05, 3.63) is 64.7 Å². The van der Waals surface area contributed by atoms with Crippen molar-refractivity contribution in [3.63, 3.8) is 0 Å². The van der Waals surface area contributed by atoms with E-state index in [0.29, 0.717) is 26.4 Å². The lowest BCUT2D eigenvalue weighted by atomic mass is 10.2. The van der Waals surface area contributed by atoms with Crippen LogP contribution in [0.25, 0.3) is 0 Å². The van der Waals surface area contributed by atoms with Crippen molar-refractivity contribution < 1.29 is 9.47 Å². The largest absolute Gasteiger partial charge is 0.494 e. The molecular formula is C17H20ClNO2. The Kier molecular flexibility index (Phi) is 6.54. The number of hydrogen-bond acceptors (Lipinski definition) is 3. The molecule has 2 aromatic carbocycles. The third kappa shape index (κ3) is 5.38. The number of ether oxygens (including phenoxy) is 2. The zero-order valence-corrected chi connectivity index (χ0v) is 12.7. The summed E-state index contributed by atoms with van der Waals surface area (Å²) in [6, 6.07) is 15.5. The zero-order chi connectivity index (χ0) is 14.9. The van der Waals surface area contributed by atoms with Crippen molar-refractivity contribution in [1.82, 2.24) is 0 Å². The Balaban J connectivity index is 1.60. The molecule has 0 aromatic heterocycles. The van der Waals surface area contributed by atoms with Crippen molar-refractivity contribution in [1.29, 1.82) is 0 Å². The minimum atomic E-state index is 0.533. The summed E-state index contributed by atoms with van der Waals surface area (Å²) in [6.45, 7) is 2.36. The second-order valence-corrected chi connectivity index (χ2v) is 5.10. The molecule has 2 rings (SSSR count). The molecule has 0 radical (unpaired) electrons. The van der Waals surface area contributed by atoms with Gasteiger partial charge in [0.2, 0.25) is 0 Å². The van der Waals surface area contributed by atoms with Gasteiger partial charge in [-0.25, -0.2) is 0 Å². The molecule has 3 nitrogen and oxygen atoms in total.